The highest BCUT2D eigenvalue weighted by molar-refractivity contribution is 5.91. The molecule has 11 heavy (non-hydrogen) atoms. The van der Waals surface area contributed by atoms with Gasteiger partial charge in [0, 0.05) is 18.8 Å². The Labute approximate surface area is 67.7 Å². The first-order valence-corrected chi connectivity index (χ1v) is 3.88. The van der Waals surface area contributed by atoms with Crippen molar-refractivity contribution in [3.8, 4) is 0 Å². The lowest BCUT2D eigenvalue weighted by atomic mass is 10.1. The average molecular weight is 156 g/mol. The molecule has 3 heteroatoms. The summed E-state index contributed by atoms with van der Waals surface area (Å²) in [6, 6.07) is 0. The van der Waals surface area contributed by atoms with Gasteiger partial charge in [-0.3, -0.25) is 4.79 Å². The van der Waals surface area contributed by atoms with Gasteiger partial charge in [-0.25, -0.2) is 0 Å². The molecule has 0 radical (unpaired) electrons. The number of rotatable bonds is 5. The van der Waals surface area contributed by atoms with Gasteiger partial charge in [0.2, 0.25) is 5.91 Å². The number of carbonyl (C=O) groups excluding carboxylic acids is 1. The van der Waals surface area contributed by atoms with Crippen LogP contribution in [-0.4, -0.2) is 13.0 Å². The molecule has 0 aliphatic carbocycles. The van der Waals surface area contributed by atoms with Crippen molar-refractivity contribution in [1.82, 2.24) is 5.32 Å². The van der Waals surface area contributed by atoms with E-state index in [-0.39, 0.29) is 5.91 Å². The maximum absolute atomic E-state index is 10.7. The Kier molecular flexibility index (Phi) is 5.25. The number of unbranched alkanes of at least 4 members (excludes halogenated alkanes) is 1. The maximum atomic E-state index is 10.7. The molecule has 0 atom stereocenters. The second kappa shape index (κ2) is 5.77. The molecule has 1 amide bonds. The fourth-order valence-corrected chi connectivity index (χ4v) is 0.808. The predicted octanol–water partition coefficient (Wildman–Crippen LogP) is 0.765. The number of amides is 1. The Balaban J connectivity index is 3.90. The third kappa shape index (κ3) is 4.42. The van der Waals surface area contributed by atoms with Crippen LogP contribution >= 0.6 is 0 Å². The predicted molar refractivity (Wildman–Crippen MR) is 45.9 cm³/mol. The molecule has 0 heterocycles. The molecule has 0 aromatic heterocycles. The van der Waals surface area contributed by atoms with Gasteiger partial charge in [-0.1, -0.05) is 13.3 Å². The quantitative estimate of drug-likeness (QED) is 0.577. The van der Waals surface area contributed by atoms with Crippen molar-refractivity contribution >= 4 is 5.91 Å². The van der Waals surface area contributed by atoms with E-state index >= 15 is 0 Å². The van der Waals surface area contributed by atoms with Crippen molar-refractivity contribution in [1.29, 1.82) is 0 Å². The highest BCUT2D eigenvalue weighted by Gasteiger charge is 2.02. The average Bonchev–Trinajstić information content (AvgIpc) is 1.97. The molecule has 0 saturated heterocycles. The van der Waals surface area contributed by atoms with Crippen LogP contribution in [0.15, 0.2) is 11.8 Å². The van der Waals surface area contributed by atoms with E-state index in [1.165, 1.54) is 0 Å². The van der Waals surface area contributed by atoms with Gasteiger partial charge >= 0.3 is 0 Å². The van der Waals surface area contributed by atoms with E-state index in [1.807, 2.05) is 0 Å². The minimum atomic E-state index is -0.326. The Hall–Kier alpha value is -0.990. The number of nitrogens with two attached hydrogens (primary N) is 1. The summed E-state index contributed by atoms with van der Waals surface area (Å²) in [5, 5.41) is 2.80. The first-order valence-electron chi connectivity index (χ1n) is 3.88. The molecule has 3 nitrogen and oxygen atoms in total. The molecule has 0 spiro atoms. The number of hydrogen-bond donors (Lipinski definition) is 2. The van der Waals surface area contributed by atoms with Crippen molar-refractivity contribution < 1.29 is 4.79 Å². The zero-order valence-electron chi connectivity index (χ0n) is 7.18. The van der Waals surface area contributed by atoms with Gasteiger partial charge < -0.3 is 11.1 Å². The van der Waals surface area contributed by atoms with Crippen LogP contribution in [0.4, 0.5) is 0 Å². The molecule has 0 aromatic rings. The van der Waals surface area contributed by atoms with Crippen molar-refractivity contribution in [2.24, 2.45) is 5.73 Å². The van der Waals surface area contributed by atoms with E-state index in [9.17, 15) is 4.79 Å². The van der Waals surface area contributed by atoms with E-state index < -0.39 is 0 Å². The first-order chi connectivity index (χ1) is 5.22. The zero-order chi connectivity index (χ0) is 8.69. The summed E-state index contributed by atoms with van der Waals surface area (Å²) in [5.41, 5.74) is 5.79. The molecule has 0 fully saturated rings. The molecule has 0 aliphatic heterocycles. The molecule has 3 N–H and O–H groups in total. The summed E-state index contributed by atoms with van der Waals surface area (Å²) in [6.45, 7) is 2.08. The van der Waals surface area contributed by atoms with E-state index in [1.54, 1.807) is 13.2 Å². The van der Waals surface area contributed by atoms with Gasteiger partial charge in [0.15, 0.2) is 0 Å². The van der Waals surface area contributed by atoms with E-state index in [0.717, 1.165) is 19.3 Å². The Morgan fingerprint density at radius 1 is 1.64 bits per heavy atom. The van der Waals surface area contributed by atoms with Gasteiger partial charge in [0.05, 0.1) is 0 Å². The molecule has 0 rings (SSSR count). The van der Waals surface area contributed by atoms with Crippen molar-refractivity contribution in [2.75, 3.05) is 7.05 Å². The minimum absolute atomic E-state index is 0.326. The standard InChI is InChI=1S/C8H16N2O/c1-3-4-5-7(6-10-2)8(9)11/h6,10H,3-5H2,1-2H3,(H2,9,11). The largest absolute Gasteiger partial charge is 0.394 e. The smallest absolute Gasteiger partial charge is 0.246 e. The van der Waals surface area contributed by atoms with Crippen molar-refractivity contribution in [3.63, 3.8) is 0 Å². The summed E-state index contributed by atoms with van der Waals surface area (Å²) in [7, 11) is 1.76. The van der Waals surface area contributed by atoms with Gasteiger partial charge in [-0.05, 0) is 12.8 Å². The molecule has 0 aliphatic rings. The lowest BCUT2D eigenvalue weighted by molar-refractivity contribution is -0.114. The number of primary amides is 1. The molecule has 64 valence electrons. The van der Waals surface area contributed by atoms with E-state index in [2.05, 4.69) is 12.2 Å². The molecular weight excluding hydrogens is 140 g/mol. The van der Waals surface area contributed by atoms with Gasteiger partial charge in [-0.2, -0.15) is 0 Å². The van der Waals surface area contributed by atoms with Gasteiger partial charge in [-0.15, -0.1) is 0 Å². The number of carbonyl (C=O) groups is 1. The van der Waals surface area contributed by atoms with Crippen LogP contribution in [0.2, 0.25) is 0 Å². The highest BCUT2D eigenvalue weighted by atomic mass is 16.1. The van der Waals surface area contributed by atoms with Crippen LogP contribution < -0.4 is 11.1 Å². The minimum Gasteiger partial charge on any atom is -0.394 e. The van der Waals surface area contributed by atoms with Crippen LogP contribution in [-0.2, 0) is 4.79 Å². The van der Waals surface area contributed by atoms with E-state index in [4.69, 9.17) is 5.73 Å². The summed E-state index contributed by atoms with van der Waals surface area (Å²) in [6.07, 6.45) is 4.52. The lowest BCUT2D eigenvalue weighted by Gasteiger charge is -2.00. The van der Waals surface area contributed by atoms with Gasteiger partial charge in [0.1, 0.15) is 0 Å². The lowest BCUT2D eigenvalue weighted by Crippen LogP contribution is -2.16. The third-order valence-electron chi connectivity index (χ3n) is 1.43. The second-order valence-corrected chi connectivity index (χ2v) is 2.43. The van der Waals surface area contributed by atoms with Crippen molar-refractivity contribution in [3.05, 3.63) is 11.8 Å². The molecule has 0 saturated carbocycles. The van der Waals surface area contributed by atoms with Crippen LogP contribution in [0, 0.1) is 0 Å². The fraction of sp³-hybridized carbons (Fsp3) is 0.625. The summed E-state index contributed by atoms with van der Waals surface area (Å²) < 4.78 is 0. The summed E-state index contributed by atoms with van der Waals surface area (Å²) in [5.74, 6) is -0.326. The van der Waals surface area contributed by atoms with Crippen LogP contribution in [0.3, 0.4) is 0 Å². The topological polar surface area (TPSA) is 55.1 Å². The molecular formula is C8H16N2O. The Bertz CT molecular complexity index is 152. The number of nitrogens with one attached hydrogen (secondary N) is 1. The molecule has 0 bridgehead atoms. The first kappa shape index (κ1) is 10.0. The van der Waals surface area contributed by atoms with Gasteiger partial charge in [0.25, 0.3) is 0 Å². The van der Waals surface area contributed by atoms with E-state index in [0.29, 0.717) is 5.57 Å². The fourth-order valence-electron chi connectivity index (χ4n) is 0.808. The molecule has 0 aromatic carbocycles. The summed E-state index contributed by atoms with van der Waals surface area (Å²) in [4.78, 5) is 10.7. The van der Waals surface area contributed by atoms with Crippen LogP contribution in [0.1, 0.15) is 26.2 Å². The summed E-state index contributed by atoms with van der Waals surface area (Å²) >= 11 is 0. The van der Waals surface area contributed by atoms with Crippen LogP contribution in [0.5, 0.6) is 0 Å². The SMILES string of the molecule is CCCCC(=CNC)C(N)=O. The van der Waals surface area contributed by atoms with Crippen LogP contribution in [0.25, 0.3) is 0 Å². The second-order valence-electron chi connectivity index (χ2n) is 2.43. The Morgan fingerprint density at radius 3 is 2.64 bits per heavy atom. The highest BCUT2D eigenvalue weighted by Crippen LogP contribution is 2.04. The molecule has 0 unspecified atom stereocenters. The van der Waals surface area contributed by atoms with Crippen molar-refractivity contribution in [2.45, 2.75) is 26.2 Å². The maximum Gasteiger partial charge on any atom is 0.246 e. The normalized spacial score (nSPS) is 11.3. The third-order valence-corrected chi connectivity index (χ3v) is 1.43. The zero-order valence-corrected chi connectivity index (χ0v) is 7.18. The monoisotopic (exact) mass is 156 g/mol. The Morgan fingerprint density at radius 2 is 2.27 bits per heavy atom. The number of hydrogen-bond acceptors (Lipinski definition) is 2.